The molecule has 3 nitrogen and oxygen atoms in total. The van der Waals surface area contributed by atoms with Crippen molar-refractivity contribution >= 4 is 11.4 Å². The van der Waals surface area contributed by atoms with E-state index >= 15 is 0 Å². The van der Waals surface area contributed by atoms with Crippen molar-refractivity contribution in [3.63, 3.8) is 0 Å². The van der Waals surface area contributed by atoms with Gasteiger partial charge in [0.05, 0.1) is 0 Å². The zero-order valence-electron chi connectivity index (χ0n) is 11.9. The number of nitrogens with one attached hydrogen (secondary N) is 1. The quantitative estimate of drug-likeness (QED) is 0.817. The molecule has 20 heavy (non-hydrogen) atoms. The number of benzene rings is 1. The van der Waals surface area contributed by atoms with Crippen molar-refractivity contribution in [1.29, 1.82) is 0 Å². The second-order valence-electron chi connectivity index (χ2n) is 4.72. The molecule has 1 heterocycles. The molecular weight excluding hydrogens is 253 g/mol. The Balaban J connectivity index is 2.20. The Hall–Kier alpha value is -1.94. The topological polar surface area (TPSA) is 28.2 Å². The molecule has 0 bridgehead atoms. The number of aromatic nitrogens is 1. The van der Waals surface area contributed by atoms with E-state index in [-0.39, 0.29) is 5.82 Å². The maximum absolute atomic E-state index is 13.0. The molecule has 0 aliphatic carbocycles. The van der Waals surface area contributed by atoms with Gasteiger partial charge in [-0.25, -0.2) is 4.39 Å². The molecule has 106 valence electrons. The predicted octanol–water partition coefficient (Wildman–Crippen LogP) is 3.49. The van der Waals surface area contributed by atoms with E-state index in [1.807, 2.05) is 24.2 Å². The van der Waals surface area contributed by atoms with Crippen LogP contribution in [0.5, 0.6) is 0 Å². The molecule has 0 fully saturated rings. The van der Waals surface area contributed by atoms with Gasteiger partial charge in [0.2, 0.25) is 0 Å². The minimum absolute atomic E-state index is 0.221. The first kappa shape index (κ1) is 14.5. The van der Waals surface area contributed by atoms with Crippen molar-refractivity contribution in [3.8, 4) is 0 Å². The van der Waals surface area contributed by atoms with Gasteiger partial charge in [0.15, 0.2) is 0 Å². The summed E-state index contributed by atoms with van der Waals surface area (Å²) in [6, 6.07) is 8.48. The number of nitrogens with zero attached hydrogens (tertiary/aromatic N) is 2. The highest BCUT2D eigenvalue weighted by atomic mass is 19.1. The molecule has 4 heteroatoms. The molecule has 0 saturated heterocycles. The van der Waals surface area contributed by atoms with Crippen LogP contribution >= 0.6 is 0 Å². The van der Waals surface area contributed by atoms with Crippen LogP contribution in [-0.2, 0) is 6.54 Å². The highest BCUT2D eigenvalue weighted by Crippen LogP contribution is 2.26. The fourth-order valence-corrected chi connectivity index (χ4v) is 2.09. The molecule has 2 rings (SSSR count). The standard InChI is InChI=1S/C16H20FN3/c1-3-9-18-11-13-12-19-10-8-16(13)20(2)15-6-4-14(17)5-7-15/h4-8,10,12,18H,3,9,11H2,1-2H3. The highest BCUT2D eigenvalue weighted by molar-refractivity contribution is 5.65. The number of halogens is 1. The van der Waals surface area contributed by atoms with E-state index in [1.54, 1.807) is 18.3 Å². The Labute approximate surface area is 119 Å². The molecular formula is C16H20FN3. The van der Waals surface area contributed by atoms with Crippen LogP contribution in [0.15, 0.2) is 42.7 Å². The van der Waals surface area contributed by atoms with Crippen LogP contribution in [0.3, 0.4) is 0 Å². The van der Waals surface area contributed by atoms with Gasteiger partial charge < -0.3 is 10.2 Å². The summed E-state index contributed by atoms with van der Waals surface area (Å²) < 4.78 is 13.0. The Bertz CT molecular complexity index is 540. The van der Waals surface area contributed by atoms with Crippen LogP contribution in [0.4, 0.5) is 15.8 Å². The van der Waals surface area contributed by atoms with Crippen molar-refractivity contribution < 1.29 is 4.39 Å². The van der Waals surface area contributed by atoms with Gasteiger partial charge >= 0.3 is 0 Å². The Morgan fingerprint density at radius 3 is 2.65 bits per heavy atom. The zero-order valence-corrected chi connectivity index (χ0v) is 11.9. The monoisotopic (exact) mass is 273 g/mol. The van der Waals surface area contributed by atoms with E-state index < -0.39 is 0 Å². The molecule has 1 aromatic carbocycles. The molecule has 0 aliphatic heterocycles. The lowest BCUT2D eigenvalue weighted by atomic mass is 10.2. The summed E-state index contributed by atoms with van der Waals surface area (Å²) in [7, 11) is 1.98. The number of anilines is 2. The normalized spacial score (nSPS) is 10.6. The third-order valence-electron chi connectivity index (χ3n) is 3.20. The Morgan fingerprint density at radius 1 is 1.20 bits per heavy atom. The second-order valence-corrected chi connectivity index (χ2v) is 4.72. The maximum Gasteiger partial charge on any atom is 0.123 e. The van der Waals surface area contributed by atoms with Gasteiger partial charge in [-0.05, 0) is 43.3 Å². The van der Waals surface area contributed by atoms with Crippen LogP contribution < -0.4 is 10.2 Å². The van der Waals surface area contributed by atoms with Gasteiger partial charge in [0.25, 0.3) is 0 Å². The fraction of sp³-hybridized carbons (Fsp3) is 0.312. The van der Waals surface area contributed by atoms with Crippen LogP contribution in [0, 0.1) is 5.82 Å². The van der Waals surface area contributed by atoms with Crippen molar-refractivity contribution in [2.45, 2.75) is 19.9 Å². The lowest BCUT2D eigenvalue weighted by Gasteiger charge is -2.22. The predicted molar refractivity (Wildman–Crippen MR) is 80.7 cm³/mol. The molecule has 0 atom stereocenters. The maximum atomic E-state index is 13.0. The van der Waals surface area contributed by atoms with Gasteiger partial charge in [-0.3, -0.25) is 4.98 Å². The smallest absolute Gasteiger partial charge is 0.123 e. The summed E-state index contributed by atoms with van der Waals surface area (Å²) in [6.45, 7) is 3.90. The molecule has 0 radical (unpaired) electrons. The lowest BCUT2D eigenvalue weighted by Crippen LogP contribution is -2.18. The summed E-state index contributed by atoms with van der Waals surface area (Å²) in [6.07, 6.45) is 4.75. The van der Waals surface area contributed by atoms with Crippen molar-refractivity contribution in [2.75, 3.05) is 18.5 Å². The third kappa shape index (κ3) is 3.54. The highest BCUT2D eigenvalue weighted by Gasteiger charge is 2.09. The first-order chi connectivity index (χ1) is 9.72. The lowest BCUT2D eigenvalue weighted by molar-refractivity contribution is 0.628. The fourth-order valence-electron chi connectivity index (χ4n) is 2.09. The summed E-state index contributed by atoms with van der Waals surface area (Å²) in [5.41, 5.74) is 3.16. The van der Waals surface area contributed by atoms with Crippen LogP contribution in [0.2, 0.25) is 0 Å². The van der Waals surface area contributed by atoms with E-state index in [9.17, 15) is 4.39 Å². The Kier molecular flexibility index (Phi) is 5.07. The van der Waals surface area contributed by atoms with E-state index in [1.165, 1.54) is 12.1 Å². The summed E-state index contributed by atoms with van der Waals surface area (Å²) >= 11 is 0. The van der Waals surface area contributed by atoms with Gasteiger partial charge in [-0.2, -0.15) is 0 Å². The Morgan fingerprint density at radius 2 is 1.95 bits per heavy atom. The molecule has 1 aromatic heterocycles. The van der Waals surface area contributed by atoms with E-state index in [4.69, 9.17) is 0 Å². The van der Waals surface area contributed by atoms with E-state index in [2.05, 4.69) is 17.2 Å². The van der Waals surface area contributed by atoms with E-state index in [0.29, 0.717) is 0 Å². The largest absolute Gasteiger partial charge is 0.344 e. The molecule has 0 spiro atoms. The number of pyridine rings is 1. The average molecular weight is 273 g/mol. The average Bonchev–Trinajstić information content (AvgIpc) is 2.48. The van der Waals surface area contributed by atoms with Gasteiger partial charge in [-0.15, -0.1) is 0 Å². The van der Waals surface area contributed by atoms with Crippen LogP contribution in [-0.4, -0.2) is 18.6 Å². The SMILES string of the molecule is CCCNCc1cnccc1N(C)c1ccc(F)cc1. The van der Waals surface area contributed by atoms with Crippen molar-refractivity contribution in [3.05, 3.63) is 54.1 Å². The molecule has 0 saturated carbocycles. The summed E-state index contributed by atoms with van der Waals surface area (Å²) in [4.78, 5) is 6.23. The number of rotatable bonds is 6. The van der Waals surface area contributed by atoms with Gasteiger partial charge in [-0.1, -0.05) is 6.92 Å². The zero-order chi connectivity index (χ0) is 14.4. The van der Waals surface area contributed by atoms with Crippen molar-refractivity contribution in [1.82, 2.24) is 10.3 Å². The summed E-state index contributed by atoms with van der Waals surface area (Å²) in [5, 5.41) is 3.38. The molecule has 1 N–H and O–H groups in total. The minimum Gasteiger partial charge on any atom is -0.344 e. The van der Waals surface area contributed by atoms with Crippen LogP contribution in [0.1, 0.15) is 18.9 Å². The first-order valence-electron chi connectivity index (χ1n) is 6.85. The second kappa shape index (κ2) is 7.01. The van der Waals surface area contributed by atoms with Gasteiger partial charge in [0, 0.05) is 42.9 Å². The van der Waals surface area contributed by atoms with E-state index in [0.717, 1.165) is 36.4 Å². The summed E-state index contributed by atoms with van der Waals surface area (Å²) in [5.74, 6) is -0.221. The van der Waals surface area contributed by atoms with Crippen molar-refractivity contribution in [2.24, 2.45) is 0 Å². The van der Waals surface area contributed by atoms with Crippen LogP contribution in [0.25, 0.3) is 0 Å². The first-order valence-corrected chi connectivity index (χ1v) is 6.85. The number of hydrogen-bond donors (Lipinski definition) is 1. The minimum atomic E-state index is -0.221. The van der Waals surface area contributed by atoms with Gasteiger partial charge in [0.1, 0.15) is 5.82 Å². The molecule has 0 aliphatic rings. The third-order valence-corrected chi connectivity index (χ3v) is 3.20. The molecule has 0 amide bonds. The molecule has 2 aromatic rings. The molecule has 0 unspecified atom stereocenters. The number of hydrogen-bond acceptors (Lipinski definition) is 3.